The molecule has 0 aliphatic carbocycles. The summed E-state index contributed by atoms with van der Waals surface area (Å²) in [5.41, 5.74) is 14.8. The molecule has 24 heavy (non-hydrogen) atoms. The molecule has 2 N–H and O–H groups in total. The lowest BCUT2D eigenvalue weighted by Gasteiger charge is -2.09. The molecule has 0 amide bonds. The largest absolute Gasteiger partial charge is 0.278 e. The van der Waals surface area contributed by atoms with E-state index >= 15 is 0 Å². The fourth-order valence-electron chi connectivity index (χ4n) is 2.33. The van der Waals surface area contributed by atoms with Crippen molar-refractivity contribution in [3.05, 3.63) is 58.7 Å². The highest BCUT2D eigenvalue weighted by Gasteiger charge is 2.01. The number of hydrazone groups is 2. The van der Waals surface area contributed by atoms with Crippen molar-refractivity contribution in [2.45, 2.75) is 41.5 Å². The molecule has 0 aromatic heterocycles. The zero-order valence-corrected chi connectivity index (χ0v) is 15.4. The van der Waals surface area contributed by atoms with Crippen LogP contribution in [0.2, 0.25) is 0 Å². The Kier molecular flexibility index (Phi) is 5.74. The fourth-order valence-corrected chi connectivity index (χ4v) is 2.33. The zero-order valence-electron chi connectivity index (χ0n) is 15.4. The Labute approximate surface area is 144 Å². The summed E-state index contributed by atoms with van der Waals surface area (Å²) in [6.45, 7) is 12.2. The number of anilines is 2. The first-order chi connectivity index (χ1) is 11.4. The number of hydrogen-bond donors (Lipinski definition) is 2. The number of hydrogen-bond acceptors (Lipinski definition) is 4. The summed E-state index contributed by atoms with van der Waals surface area (Å²) in [7, 11) is 0. The van der Waals surface area contributed by atoms with Crippen LogP contribution in [-0.4, -0.2) is 11.4 Å². The summed E-state index contributed by atoms with van der Waals surface area (Å²) >= 11 is 0. The highest BCUT2D eigenvalue weighted by molar-refractivity contribution is 6.40. The SMILES string of the molecule is CC(=N\Nc1ccc(C)cc1C)/C(C)=N/Nc1ccc(C)cc1C. The Balaban J connectivity index is 2.06. The van der Waals surface area contributed by atoms with Crippen LogP contribution in [0.3, 0.4) is 0 Å². The Hall–Kier alpha value is -2.62. The van der Waals surface area contributed by atoms with E-state index in [0.29, 0.717) is 0 Å². The van der Waals surface area contributed by atoms with Gasteiger partial charge in [-0.15, -0.1) is 0 Å². The molecule has 2 aromatic carbocycles. The molecule has 0 radical (unpaired) electrons. The van der Waals surface area contributed by atoms with E-state index in [-0.39, 0.29) is 0 Å². The molecular weight excluding hydrogens is 296 g/mol. The molecule has 0 heterocycles. The first kappa shape index (κ1) is 17.7. The number of benzene rings is 2. The van der Waals surface area contributed by atoms with Crippen LogP contribution in [0.15, 0.2) is 46.6 Å². The molecule has 0 fully saturated rings. The second-order valence-electron chi connectivity index (χ2n) is 6.25. The molecule has 0 unspecified atom stereocenters. The smallest absolute Gasteiger partial charge is 0.0805 e. The molecule has 0 saturated carbocycles. The van der Waals surface area contributed by atoms with Crippen molar-refractivity contribution in [2.75, 3.05) is 10.9 Å². The van der Waals surface area contributed by atoms with Gasteiger partial charge in [0.1, 0.15) is 0 Å². The van der Waals surface area contributed by atoms with Crippen molar-refractivity contribution in [3.8, 4) is 0 Å². The highest BCUT2D eigenvalue weighted by Crippen LogP contribution is 2.17. The molecular formula is C20H26N4. The Morgan fingerprint density at radius 1 is 0.667 bits per heavy atom. The molecule has 0 saturated heterocycles. The molecule has 0 bridgehead atoms. The number of aryl methyl sites for hydroxylation is 4. The van der Waals surface area contributed by atoms with E-state index in [9.17, 15) is 0 Å². The van der Waals surface area contributed by atoms with Gasteiger partial charge in [-0.3, -0.25) is 10.9 Å². The summed E-state index contributed by atoms with van der Waals surface area (Å²) in [6, 6.07) is 12.5. The number of nitrogens with zero attached hydrogens (tertiary/aromatic N) is 2. The highest BCUT2D eigenvalue weighted by atomic mass is 15.3. The first-order valence-electron chi connectivity index (χ1n) is 8.12. The van der Waals surface area contributed by atoms with Gasteiger partial charge in [0.2, 0.25) is 0 Å². The van der Waals surface area contributed by atoms with Crippen molar-refractivity contribution in [3.63, 3.8) is 0 Å². The van der Waals surface area contributed by atoms with Crippen molar-refractivity contribution in [2.24, 2.45) is 10.2 Å². The average Bonchev–Trinajstić information content (AvgIpc) is 2.52. The minimum Gasteiger partial charge on any atom is -0.278 e. The minimum absolute atomic E-state index is 0.840. The summed E-state index contributed by atoms with van der Waals surface area (Å²) in [4.78, 5) is 0. The molecule has 126 valence electrons. The summed E-state index contributed by atoms with van der Waals surface area (Å²) in [6.07, 6.45) is 0. The summed E-state index contributed by atoms with van der Waals surface area (Å²) in [5, 5.41) is 8.86. The van der Waals surface area contributed by atoms with Gasteiger partial charge < -0.3 is 0 Å². The van der Waals surface area contributed by atoms with Crippen LogP contribution in [0, 0.1) is 27.7 Å². The lowest BCUT2D eigenvalue weighted by molar-refractivity contribution is 1.26. The lowest BCUT2D eigenvalue weighted by Crippen LogP contribution is -2.11. The molecule has 2 rings (SSSR count). The van der Waals surface area contributed by atoms with Crippen LogP contribution < -0.4 is 10.9 Å². The van der Waals surface area contributed by atoms with Crippen molar-refractivity contribution >= 4 is 22.8 Å². The standard InChI is InChI=1S/C20H26N4/c1-13-7-9-19(15(3)11-13)23-21-17(5)18(6)22-24-20-10-8-14(2)12-16(20)4/h7-12,23-24H,1-6H3/b21-17+,22-18+. The normalized spacial score (nSPS) is 12.2. The van der Waals surface area contributed by atoms with Gasteiger partial charge in [-0.1, -0.05) is 35.4 Å². The van der Waals surface area contributed by atoms with Crippen molar-refractivity contribution in [1.82, 2.24) is 0 Å². The summed E-state index contributed by atoms with van der Waals surface area (Å²) in [5.74, 6) is 0. The van der Waals surface area contributed by atoms with Gasteiger partial charge in [-0.05, 0) is 64.8 Å². The first-order valence-corrected chi connectivity index (χ1v) is 8.12. The quantitative estimate of drug-likeness (QED) is 0.587. The molecule has 2 aromatic rings. The van der Waals surface area contributed by atoms with E-state index in [4.69, 9.17) is 0 Å². The van der Waals surface area contributed by atoms with E-state index < -0.39 is 0 Å². The molecule has 0 aliphatic rings. The predicted octanol–water partition coefficient (Wildman–Crippen LogP) is 5.20. The van der Waals surface area contributed by atoms with Gasteiger partial charge in [0.05, 0.1) is 22.8 Å². The van der Waals surface area contributed by atoms with Crippen LogP contribution in [0.1, 0.15) is 36.1 Å². The van der Waals surface area contributed by atoms with Crippen LogP contribution in [0.4, 0.5) is 11.4 Å². The van der Waals surface area contributed by atoms with Crippen LogP contribution in [-0.2, 0) is 0 Å². The average molecular weight is 322 g/mol. The second-order valence-corrected chi connectivity index (χ2v) is 6.25. The van der Waals surface area contributed by atoms with E-state index in [0.717, 1.165) is 22.8 Å². The van der Waals surface area contributed by atoms with Crippen molar-refractivity contribution < 1.29 is 0 Å². The second kappa shape index (κ2) is 7.77. The van der Waals surface area contributed by atoms with Crippen molar-refractivity contribution in [1.29, 1.82) is 0 Å². The van der Waals surface area contributed by atoms with Crippen LogP contribution >= 0.6 is 0 Å². The maximum Gasteiger partial charge on any atom is 0.0805 e. The molecule has 0 atom stereocenters. The predicted molar refractivity (Wildman–Crippen MR) is 105 cm³/mol. The maximum atomic E-state index is 4.43. The number of nitrogens with one attached hydrogen (secondary N) is 2. The van der Waals surface area contributed by atoms with Gasteiger partial charge in [-0.25, -0.2) is 0 Å². The molecule has 4 nitrogen and oxygen atoms in total. The monoisotopic (exact) mass is 322 g/mol. The zero-order chi connectivity index (χ0) is 17.7. The van der Waals surface area contributed by atoms with Gasteiger partial charge >= 0.3 is 0 Å². The number of rotatable bonds is 5. The summed E-state index contributed by atoms with van der Waals surface area (Å²) < 4.78 is 0. The van der Waals surface area contributed by atoms with Gasteiger partial charge in [0, 0.05) is 0 Å². The lowest BCUT2D eigenvalue weighted by atomic mass is 10.1. The molecule has 0 spiro atoms. The third kappa shape index (κ3) is 4.69. The molecule has 4 heteroatoms. The van der Waals surface area contributed by atoms with E-state index in [1.807, 2.05) is 26.0 Å². The van der Waals surface area contributed by atoms with E-state index in [2.05, 4.69) is 73.0 Å². The van der Waals surface area contributed by atoms with E-state index in [1.54, 1.807) is 0 Å². The van der Waals surface area contributed by atoms with Gasteiger partial charge in [0.25, 0.3) is 0 Å². The third-order valence-electron chi connectivity index (χ3n) is 3.98. The Bertz CT molecular complexity index is 721. The minimum atomic E-state index is 0.840. The van der Waals surface area contributed by atoms with Gasteiger partial charge in [0.15, 0.2) is 0 Å². The molecule has 0 aliphatic heterocycles. The third-order valence-corrected chi connectivity index (χ3v) is 3.98. The Morgan fingerprint density at radius 3 is 1.38 bits per heavy atom. The fraction of sp³-hybridized carbons (Fsp3) is 0.300. The van der Waals surface area contributed by atoms with Gasteiger partial charge in [-0.2, -0.15) is 10.2 Å². The van der Waals surface area contributed by atoms with E-state index in [1.165, 1.54) is 22.3 Å². The maximum absolute atomic E-state index is 4.43. The van der Waals surface area contributed by atoms with Crippen LogP contribution in [0.25, 0.3) is 0 Å². The Morgan fingerprint density at radius 2 is 1.04 bits per heavy atom. The topological polar surface area (TPSA) is 48.8 Å². The van der Waals surface area contributed by atoms with Crippen LogP contribution in [0.5, 0.6) is 0 Å².